The van der Waals surface area contributed by atoms with E-state index in [9.17, 15) is 9.59 Å². The van der Waals surface area contributed by atoms with Crippen molar-refractivity contribution in [1.29, 1.82) is 0 Å². The van der Waals surface area contributed by atoms with Crippen LogP contribution in [0.3, 0.4) is 0 Å². The van der Waals surface area contributed by atoms with E-state index < -0.39 is 6.04 Å². The fourth-order valence-electron chi connectivity index (χ4n) is 2.39. The maximum atomic E-state index is 12.4. The topological polar surface area (TPSA) is 73.5 Å². The van der Waals surface area contributed by atoms with Crippen LogP contribution in [0.1, 0.15) is 12.5 Å². The van der Waals surface area contributed by atoms with Gasteiger partial charge in [-0.15, -0.1) is 0 Å². The normalized spacial score (nSPS) is 18.2. The van der Waals surface area contributed by atoms with E-state index in [4.69, 9.17) is 0 Å². The van der Waals surface area contributed by atoms with Crippen LogP contribution < -0.4 is 16.0 Å². The van der Waals surface area contributed by atoms with Gasteiger partial charge in [0.15, 0.2) is 0 Å². The monoisotopic (exact) mass is 290 g/mol. The standard InChI is InChI=1S/C15H22N4O2/c1-3-17-14(20)13-10-16-7-8-19(13)15(21)18-12-6-4-5-11(2)9-12/h4-6,9,13,16H,3,7-8,10H2,1-2H3,(H,17,20)(H,18,21). The zero-order valence-electron chi connectivity index (χ0n) is 12.5. The van der Waals surface area contributed by atoms with Crippen molar-refractivity contribution in [2.75, 3.05) is 31.5 Å². The summed E-state index contributed by atoms with van der Waals surface area (Å²) in [5.74, 6) is -0.121. The summed E-state index contributed by atoms with van der Waals surface area (Å²) >= 11 is 0. The zero-order valence-corrected chi connectivity index (χ0v) is 12.5. The lowest BCUT2D eigenvalue weighted by Gasteiger charge is -2.35. The summed E-state index contributed by atoms with van der Waals surface area (Å²) in [7, 11) is 0. The Morgan fingerprint density at radius 3 is 2.95 bits per heavy atom. The van der Waals surface area contributed by atoms with Gasteiger partial charge in [0.1, 0.15) is 6.04 Å². The number of likely N-dealkylation sites (N-methyl/N-ethyl adjacent to an activating group) is 1. The summed E-state index contributed by atoms with van der Waals surface area (Å²) in [6, 6.07) is 6.90. The van der Waals surface area contributed by atoms with E-state index in [2.05, 4.69) is 16.0 Å². The van der Waals surface area contributed by atoms with E-state index in [1.807, 2.05) is 38.1 Å². The average Bonchev–Trinajstić information content (AvgIpc) is 2.47. The first-order valence-electron chi connectivity index (χ1n) is 7.24. The van der Waals surface area contributed by atoms with E-state index in [0.717, 1.165) is 11.3 Å². The van der Waals surface area contributed by atoms with E-state index >= 15 is 0 Å². The molecular weight excluding hydrogens is 268 g/mol. The lowest BCUT2D eigenvalue weighted by atomic mass is 10.2. The van der Waals surface area contributed by atoms with Crippen molar-refractivity contribution in [2.24, 2.45) is 0 Å². The van der Waals surface area contributed by atoms with E-state index in [1.165, 1.54) is 0 Å². The quantitative estimate of drug-likeness (QED) is 0.775. The molecule has 21 heavy (non-hydrogen) atoms. The van der Waals surface area contributed by atoms with Crippen LogP contribution in [0.15, 0.2) is 24.3 Å². The van der Waals surface area contributed by atoms with E-state index in [-0.39, 0.29) is 11.9 Å². The SMILES string of the molecule is CCNC(=O)C1CNCCN1C(=O)Nc1cccc(C)c1. The van der Waals surface area contributed by atoms with Crippen LogP contribution in [0.2, 0.25) is 0 Å². The van der Waals surface area contributed by atoms with Crippen molar-refractivity contribution in [2.45, 2.75) is 19.9 Å². The molecule has 0 saturated carbocycles. The van der Waals surface area contributed by atoms with Crippen LogP contribution in [-0.2, 0) is 4.79 Å². The minimum atomic E-state index is -0.469. The number of hydrogen-bond acceptors (Lipinski definition) is 3. The molecule has 1 aliphatic rings. The number of piperazine rings is 1. The summed E-state index contributed by atoms with van der Waals surface area (Å²) in [4.78, 5) is 26.0. The highest BCUT2D eigenvalue weighted by molar-refractivity contribution is 5.94. The third-order valence-electron chi connectivity index (χ3n) is 3.43. The van der Waals surface area contributed by atoms with Gasteiger partial charge in [-0.2, -0.15) is 0 Å². The van der Waals surface area contributed by atoms with Gasteiger partial charge in [-0.3, -0.25) is 4.79 Å². The molecule has 1 fully saturated rings. The van der Waals surface area contributed by atoms with Gasteiger partial charge in [0, 0.05) is 31.9 Å². The van der Waals surface area contributed by atoms with Crippen molar-refractivity contribution < 1.29 is 9.59 Å². The number of rotatable bonds is 3. The van der Waals surface area contributed by atoms with E-state index in [1.54, 1.807) is 4.90 Å². The highest BCUT2D eigenvalue weighted by Crippen LogP contribution is 2.12. The number of urea groups is 1. The largest absolute Gasteiger partial charge is 0.355 e. The summed E-state index contributed by atoms with van der Waals surface area (Å²) in [5.41, 5.74) is 1.82. The number of anilines is 1. The Bertz CT molecular complexity index is 518. The number of carbonyl (C=O) groups excluding carboxylic acids is 2. The summed E-state index contributed by atoms with van der Waals surface area (Å²) in [6.45, 7) is 6.08. The molecule has 1 atom stereocenters. The third kappa shape index (κ3) is 3.95. The van der Waals surface area contributed by atoms with Crippen LogP contribution in [0, 0.1) is 6.92 Å². The Balaban J connectivity index is 2.06. The number of aryl methyl sites for hydroxylation is 1. The molecule has 3 amide bonds. The number of nitrogens with one attached hydrogen (secondary N) is 3. The molecule has 0 aliphatic carbocycles. The highest BCUT2D eigenvalue weighted by Gasteiger charge is 2.31. The van der Waals surface area contributed by atoms with Crippen molar-refractivity contribution in [3.8, 4) is 0 Å². The minimum absolute atomic E-state index is 0.121. The van der Waals surface area contributed by atoms with Crippen LogP contribution >= 0.6 is 0 Å². The Morgan fingerprint density at radius 2 is 2.24 bits per heavy atom. The Labute approximate surface area is 124 Å². The Kier molecular flexibility index (Phi) is 5.16. The fourth-order valence-corrected chi connectivity index (χ4v) is 2.39. The molecule has 0 aromatic heterocycles. The maximum Gasteiger partial charge on any atom is 0.322 e. The van der Waals surface area contributed by atoms with Gasteiger partial charge in [0.05, 0.1) is 0 Å². The second-order valence-corrected chi connectivity index (χ2v) is 5.11. The van der Waals surface area contributed by atoms with Crippen molar-refractivity contribution in [1.82, 2.24) is 15.5 Å². The van der Waals surface area contributed by atoms with E-state index in [0.29, 0.717) is 26.2 Å². The highest BCUT2D eigenvalue weighted by atomic mass is 16.2. The first kappa shape index (κ1) is 15.3. The number of benzene rings is 1. The van der Waals surface area contributed by atoms with Crippen LogP contribution in [0.4, 0.5) is 10.5 Å². The third-order valence-corrected chi connectivity index (χ3v) is 3.43. The second kappa shape index (κ2) is 7.08. The maximum absolute atomic E-state index is 12.4. The molecule has 2 rings (SSSR count). The molecule has 0 spiro atoms. The van der Waals surface area contributed by atoms with Crippen molar-refractivity contribution >= 4 is 17.6 Å². The predicted octanol–water partition coefficient (Wildman–Crippen LogP) is 0.937. The lowest BCUT2D eigenvalue weighted by Crippen LogP contribution is -2.60. The first-order valence-corrected chi connectivity index (χ1v) is 7.24. The van der Waals surface area contributed by atoms with Crippen LogP contribution in [-0.4, -0.2) is 49.1 Å². The zero-order chi connectivity index (χ0) is 15.2. The molecule has 1 unspecified atom stereocenters. The van der Waals surface area contributed by atoms with Crippen LogP contribution in [0.25, 0.3) is 0 Å². The first-order chi connectivity index (χ1) is 10.1. The molecule has 0 radical (unpaired) electrons. The van der Waals surface area contributed by atoms with Gasteiger partial charge in [-0.05, 0) is 31.5 Å². The Morgan fingerprint density at radius 1 is 1.43 bits per heavy atom. The number of amides is 3. The molecule has 3 N–H and O–H groups in total. The van der Waals surface area contributed by atoms with Gasteiger partial charge in [-0.1, -0.05) is 12.1 Å². The average molecular weight is 290 g/mol. The molecule has 6 nitrogen and oxygen atoms in total. The fraction of sp³-hybridized carbons (Fsp3) is 0.467. The predicted molar refractivity (Wildman–Crippen MR) is 82.2 cm³/mol. The summed E-state index contributed by atoms with van der Waals surface area (Å²) in [6.07, 6.45) is 0. The minimum Gasteiger partial charge on any atom is -0.355 e. The molecule has 1 saturated heterocycles. The lowest BCUT2D eigenvalue weighted by molar-refractivity contribution is -0.125. The number of carbonyl (C=O) groups is 2. The molecule has 0 bridgehead atoms. The van der Waals surface area contributed by atoms with Crippen molar-refractivity contribution in [3.63, 3.8) is 0 Å². The van der Waals surface area contributed by atoms with Gasteiger partial charge >= 0.3 is 6.03 Å². The van der Waals surface area contributed by atoms with Gasteiger partial charge in [-0.25, -0.2) is 4.79 Å². The second-order valence-electron chi connectivity index (χ2n) is 5.11. The molecule has 1 heterocycles. The summed E-state index contributed by atoms with van der Waals surface area (Å²) in [5, 5.41) is 8.78. The van der Waals surface area contributed by atoms with Crippen molar-refractivity contribution in [3.05, 3.63) is 29.8 Å². The van der Waals surface area contributed by atoms with Gasteiger partial charge in [0.2, 0.25) is 5.91 Å². The smallest absolute Gasteiger partial charge is 0.322 e. The molecule has 6 heteroatoms. The summed E-state index contributed by atoms with van der Waals surface area (Å²) < 4.78 is 0. The number of hydrogen-bond donors (Lipinski definition) is 3. The molecule has 1 aliphatic heterocycles. The molecule has 114 valence electrons. The van der Waals surface area contributed by atoms with Gasteiger partial charge in [0.25, 0.3) is 0 Å². The molecular formula is C15H22N4O2. The Hall–Kier alpha value is -2.08. The molecule has 1 aromatic rings. The molecule has 1 aromatic carbocycles. The number of nitrogens with zero attached hydrogens (tertiary/aromatic N) is 1. The van der Waals surface area contributed by atoms with Gasteiger partial charge < -0.3 is 20.9 Å². The van der Waals surface area contributed by atoms with Crippen LogP contribution in [0.5, 0.6) is 0 Å².